The zero-order valence-corrected chi connectivity index (χ0v) is 67.6. The molecule has 0 aliphatic carbocycles. The molecule has 0 saturated carbocycles. The fourth-order valence-electron chi connectivity index (χ4n) is 15.8. The van der Waals surface area contributed by atoms with Gasteiger partial charge in [-0.1, -0.05) is 127 Å². The molecule has 6 aliphatic heterocycles. The van der Waals surface area contributed by atoms with Crippen molar-refractivity contribution in [3.8, 4) is 11.5 Å². The molecular formula is C83H100N18O14S2. The van der Waals surface area contributed by atoms with Crippen LogP contribution in [-0.2, 0) is 60.1 Å². The summed E-state index contributed by atoms with van der Waals surface area (Å²) in [6.07, 6.45) is 5.12. The molecule has 6 aromatic carbocycles. The molecule has 2 aromatic heterocycles. The maximum atomic E-state index is 15.0. The number of nitrogens with two attached hydrogens (primary N) is 1. The SMILES string of the molecule is CNC(C)C(=O)NC1CN(S(=O)(=O)c2cccc(S(=O)(=O)N3CCC4CCC(C(=O)NC(c5ccccc5)c5ccccc5)N4C(=O)C(NC(=O)C(C)NC)C3)c2)CCC2CCC(C(=O)NC(c3ccccc3)c3ccccc3)N2C1=O.COc1c(OCCCN2CCOCC2)ccc2c3n(c(=NC(=O)c4cnc(N)nc4)nc12)CCN3. The molecule has 0 radical (unpaired) electrons. The van der Waals surface area contributed by atoms with E-state index in [9.17, 15) is 33.6 Å². The number of carbonyl (C=O) groups is 7. The van der Waals surface area contributed by atoms with Gasteiger partial charge in [0.1, 0.15) is 35.5 Å². The van der Waals surface area contributed by atoms with Crippen LogP contribution in [0.25, 0.3) is 10.9 Å². The number of nitrogen functional groups attached to an aromatic ring is 1. The van der Waals surface area contributed by atoms with Crippen LogP contribution in [0.3, 0.4) is 0 Å². The Bertz CT molecular complexity index is 4900. The van der Waals surface area contributed by atoms with Gasteiger partial charge in [0.05, 0.1) is 66.5 Å². The van der Waals surface area contributed by atoms with Crippen LogP contribution in [0.2, 0.25) is 0 Å². The van der Waals surface area contributed by atoms with Crippen LogP contribution >= 0.6 is 0 Å². The van der Waals surface area contributed by atoms with Gasteiger partial charge in [-0.25, -0.2) is 31.8 Å². The first-order valence-electron chi connectivity index (χ1n) is 39.5. The number of methoxy groups -OCH3 is 1. The van der Waals surface area contributed by atoms with Crippen molar-refractivity contribution in [2.24, 2.45) is 4.99 Å². The number of carbonyl (C=O) groups excluding carboxylic acids is 7. The lowest BCUT2D eigenvalue weighted by Crippen LogP contribution is -2.62. The maximum Gasteiger partial charge on any atom is 0.283 e. The van der Waals surface area contributed by atoms with Crippen LogP contribution in [0.5, 0.6) is 11.5 Å². The molecule has 8 atom stereocenters. The van der Waals surface area contributed by atoms with E-state index in [4.69, 9.17) is 24.9 Å². The Morgan fingerprint density at radius 2 is 1.08 bits per heavy atom. The van der Waals surface area contributed by atoms with Gasteiger partial charge in [-0.2, -0.15) is 13.6 Å². The van der Waals surface area contributed by atoms with Gasteiger partial charge in [0.25, 0.3) is 5.91 Å². The number of fused-ring (bicyclic) bond motifs is 5. The first-order chi connectivity index (χ1) is 56.5. The third kappa shape index (κ3) is 19.1. The number of nitrogens with one attached hydrogen (secondary N) is 7. The van der Waals surface area contributed by atoms with Crippen LogP contribution in [0.15, 0.2) is 185 Å². The molecule has 8 unspecified atom stereocenters. The molecule has 618 valence electrons. The molecule has 14 rings (SSSR count). The summed E-state index contributed by atoms with van der Waals surface area (Å²) in [5.74, 6) is -1.74. The summed E-state index contributed by atoms with van der Waals surface area (Å²) in [4.78, 5) is 120. The highest BCUT2D eigenvalue weighted by Gasteiger charge is 2.50. The molecule has 7 amide bonds. The molecule has 6 aliphatic rings. The van der Waals surface area contributed by atoms with Crippen LogP contribution < -0.4 is 58.0 Å². The van der Waals surface area contributed by atoms with E-state index < -0.39 is 145 Å². The lowest BCUT2D eigenvalue weighted by molar-refractivity contribution is -0.144. The molecule has 8 aromatic rings. The first-order valence-corrected chi connectivity index (χ1v) is 42.4. The number of aromatic nitrogens is 4. The summed E-state index contributed by atoms with van der Waals surface area (Å²) in [6.45, 7) is 8.08. The number of benzene rings is 6. The molecule has 5 fully saturated rings. The van der Waals surface area contributed by atoms with Crippen LogP contribution in [0, 0.1) is 0 Å². The average Bonchev–Trinajstić information content (AvgIpc) is 1.74. The Morgan fingerprint density at radius 1 is 0.607 bits per heavy atom. The van der Waals surface area contributed by atoms with E-state index in [1.54, 1.807) is 35.1 Å². The van der Waals surface area contributed by atoms with Crippen molar-refractivity contribution in [1.82, 2.24) is 74.7 Å². The highest BCUT2D eigenvalue weighted by Crippen LogP contribution is 2.39. The van der Waals surface area contributed by atoms with E-state index in [2.05, 4.69) is 57.1 Å². The van der Waals surface area contributed by atoms with Crippen molar-refractivity contribution in [1.29, 1.82) is 0 Å². The summed E-state index contributed by atoms with van der Waals surface area (Å²) < 4.78 is 81.2. The maximum absolute atomic E-state index is 15.0. The number of amides is 7. The topological polar surface area (TPSA) is 398 Å². The van der Waals surface area contributed by atoms with Gasteiger partial charge >= 0.3 is 0 Å². The highest BCUT2D eigenvalue weighted by atomic mass is 32.2. The Hall–Kier alpha value is -11.1. The van der Waals surface area contributed by atoms with Gasteiger partial charge < -0.3 is 67.0 Å². The van der Waals surface area contributed by atoms with Crippen molar-refractivity contribution in [3.05, 3.63) is 204 Å². The minimum Gasteiger partial charge on any atom is -0.491 e. The van der Waals surface area contributed by atoms with Gasteiger partial charge in [0.2, 0.25) is 67.1 Å². The van der Waals surface area contributed by atoms with E-state index in [1.165, 1.54) is 40.4 Å². The summed E-state index contributed by atoms with van der Waals surface area (Å²) in [7, 11) is -4.55. The van der Waals surface area contributed by atoms with Gasteiger partial charge in [0, 0.05) is 88.8 Å². The van der Waals surface area contributed by atoms with Gasteiger partial charge in [-0.3, -0.25) is 43.0 Å². The zero-order valence-electron chi connectivity index (χ0n) is 66.0. The summed E-state index contributed by atoms with van der Waals surface area (Å²) in [6, 6.07) is 37.8. The highest BCUT2D eigenvalue weighted by molar-refractivity contribution is 7.90. The molecule has 8 heterocycles. The number of morpholine rings is 1. The van der Waals surface area contributed by atoms with Crippen molar-refractivity contribution < 1.29 is 64.6 Å². The number of nitrogens with zero attached hydrogens (tertiary/aromatic N) is 10. The Labute approximate surface area is 679 Å². The van der Waals surface area contributed by atoms with E-state index in [0.29, 0.717) is 49.6 Å². The van der Waals surface area contributed by atoms with Crippen LogP contribution in [0.1, 0.15) is 103 Å². The van der Waals surface area contributed by atoms with E-state index >= 15 is 16.8 Å². The second kappa shape index (κ2) is 37.9. The van der Waals surface area contributed by atoms with Gasteiger partial charge in [0.15, 0.2) is 11.5 Å². The molecule has 32 nitrogen and oxygen atoms in total. The molecule has 9 N–H and O–H groups in total. The Balaban J connectivity index is 0.000000281. The number of ether oxygens (including phenoxy) is 3. The number of rotatable bonds is 25. The second-order valence-electron chi connectivity index (χ2n) is 29.7. The number of sulfonamides is 2. The predicted molar refractivity (Wildman–Crippen MR) is 436 cm³/mol. The Kier molecular flexibility index (Phi) is 27.1. The van der Waals surface area contributed by atoms with Crippen molar-refractivity contribution >= 4 is 84.1 Å². The summed E-state index contributed by atoms with van der Waals surface area (Å²) in [5.41, 5.74) is 9.91. The minimum atomic E-state index is -4.63. The monoisotopic (exact) mass is 1640 g/mol. The number of likely N-dealkylation sites (N-methyl/N-ethyl adjacent to an activating group) is 2. The van der Waals surface area contributed by atoms with Gasteiger partial charge in [-0.15, -0.1) is 0 Å². The molecule has 117 heavy (non-hydrogen) atoms. The number of hydrogen-bond acceptors (Lipinski definition) is 22. The largest absolute Gasteiger partial charge is 0.491 e. The van der Waals surface area contributed by atoms with Crippen molar-refractivity contribution in [2.45, 2.75) is 136 Å². The fraction of sp³-hybridized carbons (Fsp3) is 0.410. The molecule has 0 bridgehead atoms. The minimum absolute atomic E-state index is 0.0899. The van der Waals surface area contributed by atoms with Crippen molar-refractivity contribution in [3.63, 3.8) is 0 Å². The van der Waals surface area contributed by atoms with Crippen LogP contribution in [-0.4, -0.2) is 243 Å². The average molecular weight is 1640 g/mol. The fourth-order valence-corrected chi connectivity index (χ4v) is 18.9. The zero-order chi connectivity index (χ0) is 82.5. The normalized spacial score (nSPS) is 20.7. The third-order valence-corrected chi connectivity index (χ3v) is 26.1. The molecule has 5 saturated heterocycles. The summed E-state index contributed by atoms with van der Waals surface area (Å²) >= 11 is 0. The lowest BCUT2D eigenvalue weighted by Gasteiger charge is -2.39. The molecular weight excluding hydrogens is 1540 g/mol. The van der Waals surface area contributed by atoms with E-state index in [-0.39, 0.29) is 55.9 Å². The Morgan fingerprint density at radius 3 is 1.53 bits per heavy atom. The van der Waals surface area contributed by atoms with E-state index in [0.717, 1.165) is 87.4 Å². The van der Waals surface area contributed by atoms with E-state index in [1.807, 2.05) is 138 Å². The van der Waals surface area contributed by atoms with Crippen molar-refractivity contribution in [2.75, 3.05) is 104 Å². The third-order valence-electron chi connectivity index (χ3n) is 22.4. The first kappa shape index (κ1) is 83.8. The predicted octanol–water partition coefficient (Wildman–Crippen LogP) is 3.88. The summed E-state index contributed by atoms with van der Waals surface area (Å²) in [5, 5.41) is 21.8. The smallest absolute Gasteiger partial charge is 0.283 e. The number of anilines is 2. The van der Waals surface area contributed by atoms with Crippen LogP contribution in [0.4, 0.5) is 11.8 Å². The molecule has 0 spiro atoms. The quantitative estimate of drug-likeness (QED) is 0.0376. The van der Waals surface area contributed by atoms with Gasteiger partial charge in [-0.05, 0) is 125 Å². The standard InChI is InChI=1S/C60H72N10O10S2.C23H28N8O4/c1-39(61-3)55(71)63-49-37-67(34-32-45-28-30-51(69(45)59(49)75)57(73)65-53(41-18-9-5-10-19-41)42-20-11-6-12-21-42)81(77,78)47-26-17-27-48(36-47)82(79,80)68-35-33-46-29-31-52(70(46)60(76)50(38-68)64-56(72)40(2)62-4)58(74)66-54(43-22-13-7-14-23-43)44-24-15-8-16-25-44;1-33-19-17(35-10-2-6-30-8-11-34-12-9-30)4-3-16-18(19)28-23(31-7-5-25-20(16)31)29-21(32)15-13-26-22(24)27-14-15/h5-27,36,39-40,45-46,49-54,61-62H,28-35,37-38H2,1-4H3,(H,63,71)(H,64,72)(H,65,73)(H,66,74);3-4,13-14,25H,2,5-12H2,1H3,(H2,24,26,27). The second-order valence-corrected chi connectivity index (χ2v) is 33.5. The number of hydrogen-bond donors (Lipinski definition) is 8. The molecule has 34 heteroatoms. The lowest BCUT2D eigenvalue weighted by atomic mass is 9.98.